The predicted molar refractivity (Wildman–Crippen MR) is 98.3 cm³/mol. The minimum absolute atomic E-state index is 0.0969. The lowest BCUT2D eigenvalue weighted by Crippen LogP contribution is -2.57. The van der Waals surface area contributed by atoms with E-state index in [2.05, 4.69) is 4.72 Å². The first-order valence-electron chi connectivity index (χ1n) is 8.84. The lowest BCUT2D eigenvalue weighted by Gasteiger charge is -2.44. The molecule has 27 heavy (non-hydrogen) atoms. The van der Waals surface area contributed by atoms with Crippen LogP contribution in [0.4, 0.5) is 0 Å². The van der Waals surface area contributed by atoms with Crippen molar-refractivity contribution in [3.05, 3.63) is 41.5 Å². The van der Waals surface area contributed by atoms with Crippen molar-refractivity contribution in [1.82, 2.24) is 4.72 Å². The van der Waals surface area contributed by atoms with Gasteiger partial charge in [-0.3, -0.25) is 0 Å². The SMILES string of the molecule is COC(=O)C1=C[C@](C)(NS(=O)(=O)c2ccc(C)cc2)CC2CC[C@@H](O)[C@@]12O. The second kappa shape index (κ2) is 6.70. The largest absolute Gasteiger partial charge is 0.466 e. The first-order valence-corrected chi connectivity index (χ1v) is 10.3. The van der Waals surface area contributed by atoms with Crippen molar-refractivity contribution >= 4 is 16.0 Å². The number of aliphatic hydroxyl groups is 2. The summed E-state index contributed by atoms with van der Waals surface area (Å²) in [6.45, 7) is 3.52. The van der Waals surface area contributed by atoms with Crippen LogP contribution < -0.4 is 4.72 Å². The zero-order valence-electron chi connectivity index (χ0n) is 15.6. The number of aliphatic hydroxyl groups excluding tert-OH is 1. The number of fused-ring (bicyclic) bond motifs is 1. The Hall–Kier alpha value is -1.74. The molecule has 8 heteroatoms. The maximum absolute atomic E-state index is 12.8. The quantitative estimate of drug-likeness (QED) is 0.657. The number of carbonyl (C=O) groups is 1. The van der Waals surface area contributed by atoms with Crippen LogP contribution in [0.15, 0.2) is 40.8 Å². The lowest BCUT2D eigenvalue weighted by molar-refractivity contribution is -0.143. The van der Waals surface area contributed by atoms with Crippen molar-refractivity contribution in [2.75, 3.05) is 7.11 Å². The van der Waals surface area contributed by atoms with Gasteiger partial charge >= 0.3 is 5.97 Å². The van der Waals surface area contributed by atoms with Crippen molar-refractivity contribution in [2.24, 2.45) is 5.92 Å². The highest BCUT2D eigenvalue weighted by molar-refractivity contribution is 7.89. The average Bonchev–Trinajstić information content (AvgIpc) is 2.88. The molecule has 148 valence electrons. The fourth-order valence-corrected chi connectivity index (χ4v) is 5.59. The second-order valence-corrected chi connectivity index (χ2v) is 9.39. The van der Waals surface area contributed by atoms with E-state index in [-0.39, 0.29) is 16.9 Å². The highest BCUT2D eigenvalue weighted by Crippen LogP contribution is 2.49. The number of rotatable bonds is 4. The number of benzene rings is 1. The molecule has 1 fully saturated rings. The Balaban J connectivity index is 2.01. The highest BCUT2D eigenvalue weighted by Gasteiger charge is 2.58. The number of hydrogen-bond donors (Lipinski definition) is 3. The molecule has 0 radical (unpaired) electrons. The molecule has 3 rings (SSSR count). The Morgan fingerprint density at radius 2 is 1.89 bits per heavy atom. The molecular weight excluding hydrogens is 370 g/mol. The number of sulfonamides is 1. The van der Waals surface area contributed by atoms with Gasteiger partial charge in [0, 0.05) is 5.54 Å². The summed E-state index contributed by atoms with van der Waals surface area (Å²) in [7, 11) is -2.66. The van der Waals surface area contributed by atoms with E-state index in [0.717, 1.165) is 5.56 Å². The molecule has 2 aliphatic rings. The summed E-state index contributed by atoms with van der Waals surface area (Å²) in [5, 5.41) is 21.3. The van der Waals surface area contributed by atoms with Gasteiger partial charge in [0.15, 0.2) is 0 Å². The van der Waals surface area contributed by atoms with E-state index in [1.54, 1.807) is 19.1 Å². The number of esters is 1. The van der Waals surface area contributed by atoms with Crippen LogP contribution >= 0.6 is 0 Å². The number of carbonyl (C=O) groups excluding carboxylic acids is 1. The molecular formula is C19H25NO6S. The van der Waals surface area contributed by atoms with Crippen molar-refractivity contribution < 1.29 is 28.2 Å². The van der Waals surface area contributed by atoms with Gasteiger partial charge in [0.1, 0.15) is 5.60 Å². The van der Waals surface area contributed by atoms with Crippen LogP contribution in [0.2, 0.25) is 0 Å². The summed E-state index contributed by atoms with van der Waals surface area (Å²) in [5.74, 6) is -1.23. The van der Waals surface area contributed by atoms with Crippen LogP contribution in [0.25, 0.3) is 0 Å². The fraction of sp³-hybridized carbons (Fsp3) is 0.526. The molecule has 0 saturated heterocycles. The minimum Gasteiger partial charge on any atom is -0.466 e. The zero-order valence-corrected chi connectivity index (χ0v) is 16.4. The Labute approximate surface area is 159 Å². The molecule has 7 nitrogen and oxygen atoms in total. The summed E-state index contributed by atoms with van der Waals surface area (Å²) >= 11 is 0. The van der Waals surface area contributed by atoms with Crippen molar-refractivity contribution in [3.63, 3.8) is 0 Å². The van der Waals surface area contributed by atoms with Crippen LogP contribution in [-0.2, 0) is 19.6 Å². The second-order valence-electron chi connectivity index (χ2n) is 7.71. The standard InChI is InChI=1S/C19H25NO6S/c1-12-4-7-14(8-5-12)27(24,25)20-18(2)10-13-6-9-16(21)19(13,23)15(11-18)17(22)26-3/h4-5,7-8,11,13,16,20-21,23H,6,9-10H2,1-3H3/t13?,16-,18-,19+/m1/s1. The number of nitrogens with one attached hydrogen (secondary N) is 1. The molecule has 1 saturated carbocycles. The number of ether oxygens (including phenoxy) is 1. The van der Waals surface area contributed by atoms with Crippen LogP contribution in [0.5, 0.6) is 0 Å². The Bertz CT molecular complexity index is 878. The van der Waals surface area contributed by atoms with Gasteiger partial charge in [-0.2, -0.15) is 0 Å². The molecule has 1 unspecified atom stereocenters. The molecule has 1 aromatic carbocycles. The molecule has 4 atom stereocenters. The molecule has 0 bridgehead atoms. The predicted octanol–water partition coefficient (Wildman–Crippen LogP) is 1.04. The molecule has 0 amide bonds. The van der Waals surface area contributed by atoms with Gasteiger partial charge in [0.25, 0.3) is 0 Å². The van der Waals surface area contributed by atoms with Crippen molar-refractivity contribution in [3.8, 4) is 0 Å². The molecule has 3 N–H and O–H groups in total. The molecule has 0 heterocycles. The van der Waals surface area contributed by atoms with Gasteiger partial charge in [-0.15, -0.1) is 0 Å². The Morgan fingerprint density at radius 1 is 1.26 bits per heavy atom. The van der Waals surface area contributed by atoms with Crippen LogP contribution in [0, 0.1) is 12.8 Å². The fourth-order valence-electron chi connectivity index (χ4n) is 4.22. The first kappa shape index (κ1) is 20.0. The molecule has 2 aliphatic carbocycles. The third kappa shape index (κ3) is 3.42. The average molecular weight is 395 g/mol. The van der Waals surface area contributed by atoms with E-state index in [0.29, 0.717) is 12.8 Å². The normalized spacial score (nSPS) is 33.3. The van der Waals surface area contributed by atoms with Gasteiger partial charge < -0.3 is 14.9 Å². The minimum atomic E-state index is -3.84. The maximum Gasteiger partial charge on any atom is 0.336 e. The Morgan fingerprint density at radius 3 is 2.48 bits per heavy atom. The van der Waals surface area contributed by atoms with Gasteiger partial charge in [0.05, 0.1) is 23.7 Å². The highest BCUT2D eigenvalue weighted by atomic mass is 32.2. The summed E-state index contributed by atoms with van der Waals surface area (Å²) < 4.78 is 33.1. The van der Waals surface area contributed by atoms with Gasteiger partial charge in [-0.1, -0.05) is 23.8 Å². The van der Waals surface area contributed by atoms with E-state index in [1.807, 2.05) is 6.92 Å². The summed E-state index contributed by atoms with van der Waals surface area (Å²) in [4.78, 5) is 12.4. The summed E-state index contributed by atoms with van der Waals surface area (Å²) in [6.07, 6.45) is 1.36. The van der Waals surface area contributed by atoms with E-state index < -0.39 is 39.2 Å². The summed E-state index contributed by atoms with van der Waals surface area (Å²) in [5.41, 5.74) is -1.98. The Kier molecular flexibility index (Phi) is 4.96. The van der Waals surface area contributed by atoms with Gasteiger partial charge in [-0.25, -0.2) is 17.9 Å². The van der Waals surface area contributed by atoms with Crippen molar-refractivity contribution in [1.29, 1.82) is 0 Å². The molecule has 0 aliphatic heterocycles. The maximum atomic E-state index is 12.8. The van der Waals surface area contributed by atoms with Crippen molar-refractivity contribution in [2.45, 2.75) is 55.2 Å². The zero-order chi connectivity index (χ0) is 20.0. The van der Waals surface area contributed by atoms with E-state index in [1.165, 1.54) is 25.3 Å². The molecule has 1 aromatic rings. The van der Waals surface area contributed by atoms with E-state index in [9.17, 15) is 23.4 Å². The van der Waals surface area contributed by atoms with E-state index >= 15 is 0 Å². The summed E-state index contributed by atoms with van der Waals surface area (Å²) in [6, 6.07) is 6.45. The first-order chi connectivity index (χ1) is 12.5. The monoisotopic (exact) mass is 395 g/mol. The van der Waals surface area contributed by atoms with Crippen LogP contribution in [0.3, 0.4) is 0 Å². The topological polar surface area (TPSA) is 113 Å². The number of hydrogen-bond acceptors (Lipinski definition) is 6. The molecule has 0 aromatic heterocycles. The van der Waals surface area contributed by atoms with E-state index in [4.69, 9.17) is 4.74 Å². The van der Waals surface area contributed by atoms with Gasteiger partial charge in [0.2, 0.25) is 10.0 Å². The van der Waals surface area contributed by atoms with Gasteiger partial charge in [-0.05, 0) is 51.2 Å². The van der Waals surface area contributed by atoms with Crippen LogP contribution in [0.1, 0.15) is 31.7 Å². The number of aryl methyl sites for hydroxylation is 1. The smallest absolute Gasteiger partial charge is 0.336 e. The molecule has 0 spiro atoms. The lowest BCUT2D eigenvalue weighted by atomic mass is 9.69. The third-order valence-electron chi connectivity index (χ3n) is 5.59. The third-order valence-corrected chi connectivity index (χ3v) is 7.22. The van der Waals surface area contributed by atoms with Crippen LogP contribution in [-0.4, -0.2) is 49.0 Å². The number of methoxy groups -OCH3 is 1.